The van der Waals surface area contributed by atoms with E-state index in [0.29, 0.717) is 5.92 Å². The highest BCUT2D eigenvalue weighted by Crippen LogP contribution is 2.26. The van der Waals surface area contributed by atoms with E-state index in [9.17, 15) is 0 Å². The summed E-state index contributed by atoms with van der Waals surface area (Å²) in [6, 6.07) is 6.08. The Morgan fingerprint density at radius 2 is 2.47 bits per heavy atom. The number of fused-ring (bicyclic) bond motifs is 1. The zero-order chi connectivity index (χ0) is 11.7. The van der Waals surface area contributed by atoms with Crippen LogP contribution in [0.3, 0.4) is 0 Å². The van der Waals surface area contributed by atoms with Crippen LogP contribution in [0.4, 0.5) is 0 Å². The monoisotopic (exact) mass is 231 g/mol. The molecule has 1 atom stereocenters. The maximum atomic E-state index is 5.41. The standard InChI is InChI=1S/C13H17N3O/c1-17-12-4-2-3-11-8-15-16(13(11)12)9-10-5-6-14-7-10/h2-4,8,10,14H,5-7,9H2,1H3. The van der Waals surface area contributed by atoms with E-state index in [1.165, 1.54) is 6.42 Å². The van der Waals surface area contributed by atoms with Gasteiger partial charge in [-0.25, -0.2) is 0 Å². The van der Waals surface area contributed by atoms with Crippen LogP contribution in [0.5, 0.6) is 5.75 Å². The van der Waals surface area contributed by atoms with Gasteiger partial charge in [0.2, 0.25) is 0 Å². The third-order valence-corrected chi connectivity index (χ3v) is 3.44. The van der Waals surface area contributed by atoms with Crippen molar-refractivity contribution in [2.75, 3.05) is 20.2 Å². The molecule has 0 bridgehead atoms. The van der Waals surface area contributed by atoms with Crippen molar-refractivity contribution < 1.29 is 4.74 Å². The van der Waals surface area contributed by atoms with Crippen molar-refractivity contribution in [1.29, 1.82) is 0 Å². The van der Waals surface area contributed by atoms with Crippen LogP contribution in [0, 0.1) is 5.92 Å². The van der Waals surface area contributed by atoms with Crippen molar-refractivity contribution >= 4 is 10.9 Å². The second-order valence-electron chi connectivity index (χ2n) is 4.58. The Balaban J connectivity index is 1.98. The number of para-hydroxylation sites is 1. The predicted octanol–water partition coefficient (Wildman–Crippen LogP) is 1.65. The molecule has 90 valence electrons. The van der Waals surface area contributed by atoms with Crippen LogP contribution in [-0.4, -0.2) is 30.0 Å². The fraction of sp³-hybridized carbons (Fsp3) is 0.462. The van der Waals surface area contributed by atoms with Crippen LogP contribution in [0.2, 0.25) is 0 Å². The van der Waals surface area contributed by atoms with Gasteiger partial charge in [-0.1, -0.05) is 12.1 Å². The van der Waals surface area contributed by atoms with Crippen molar-refractivity contribution in [3.63, 3.8) is 0 Å². The fourth-order valence-electron chi connectivity index (χ4n) is 2.53. The van der Waals surface area contributed by atoms with Crippen LogP contribution in [-0.2, 0) is 6.54 Å². The smallest absolute Gasteiger partial charge is 0.144 e. The van der Waals surface area contributed by atoms with Gasteiger partial charge in [0.1, 0.15) is 11.3 Å². The van der Waals surface area contributed by atoms with Gasteiger partial charge >= 0.3 is 0 Å². The zero-order valence-electron chi connectivity index (χ0n) is 10.0. The van der Waals surface area contributed by atoms with Crippen molar-refractivity contribution in [2.45, 2.75) is 13.0 Å². The number of rotatable bonds is 3. The number of methoxy groups -OCH3 is 1. The maximum Gasteiger partial charge on any atom is 0.144 e. The first kappa shape index (κ1) is 10.6. The number of nitrogens with one attached hydrogen (secondary N) is 1. The van der Waals surface area contributed by atoms with E-state index in [1.54, 1.807) is 7.11 Å². The minimum atomic E-state index is 0.683. The molecule has 1 saturated heterocycles. The molecule has 1 aromatic heterocycles. The van der Waals surface area contributed by atoms with E-state index in [2.05, 4.69) is 21.2 Å². The zero-order valence-corrected chi connectivity index (χ0v) is 10.0. The van der Waals surface area contributed by atoms with Gasteiger partial charge < -0.3 is 10.1 Å². The van der Waals surface area contributed by atoms with Crippen molar-refractivity contribution in [1.82, 2.24) is 15.1 Å². The van der Waals surface area contributed by atoms with Gasteiger partial charge in [0.05, 0.1) is 13.3 Å². The number of nitrogens with zero attached hydrogens (tertiary/aromatic N) is 2. The molecule has 1 fully saturated rings. The Bertz CT molecular complexity index is 514. The van der Waals surface area contributed by atoms with E-state index in [4.69, 9.17) is 4.74 Å². The van der Waals surface area contributed by atoms with E-state index in [0.717, 1.165) is 36.3 Å². The lowest BCUT2D eigenvalue weighted by Gasteiger charge is -2.11. The lowest BCUT2D eigenvalue weighted by Crippen LogP contribution is -2.15. The highest BCUT2D eigenvalue weighted by molar-refractivity contribution is 5.84. The number of aromatic nitrogens is 2. The summed E-state index contributed by atoms with van der Waals surface area (Å²) in [5.41, 5.74) is 1.11. The van der Waals surface area contributed by atoms with Gasteiger partial charge in [0.15, 0.2) is 0 Å². The van der Waals surface area contributed by atoms with Crippen LogP contribution >= 0.6 is 0 Å². The third kappa shape index (κ3) is 1.89. The molecule has 1 aromatic carbocycles. The molecule has 4 heteroatoms. The number of hydrogen-bond donors (Lipinski definition) is 1. The summed E-state index contributed by atoms with van der Waals surface area (Å²) in [6.07, 6.45) is 3.15. The average Bonchev–Trinajstić information content (AvgIpc) is 2.99. The highest BCUT2D eigenvalue weighted by atomic mass is 16.5. The molecule has 3 rings (SSSR count). The molecule has 1 unspecified atom stereocenters. The van der Waals surface area contributed by atoms with Crippen LogP contribution in [0.1, 0.15) is 6.42 Å². The number of hydrogen-bond acceptors (Lipinski definition) is 3. The number of ether oxygens (including phenoxy) is 1. The first-order chi connectivity index (χ1) is 8.38. The molecule has 0 radical (unpaired) electrons. The molecule has 1 aliphatic heterocycles. The molecule has 0 aliphatic carbocycles. The second-order valence-corrected chi connectivity index (χ2v) is 4.58. The summed E-state index contributed by atoms with van der Waals surface area (Å²) < 4.78 is 7.49. The third-order valence-electron chi connectivity index (χ3n) is 3.44. The molecule has 1 aliphatic rings. The van der Waals surface area contributed by atoms with Gasteiger partial charge in [-0.15, -0.1) is 0 Å². The van der Waals surface area contributed by atoms with E-state index in [-0.39, 0.29) is 0 Å². The molecule has 4 nitrogen and oxygen atoms in total. The van der Waals surface area contributed by atoms with Crippen LogP contribution in [0.25, 0.3) is 10.9 Å². The van der Waals surface area contributed by atoms with Crippen molar-refractivity contribution in [2.24, 2.45) is 5.92 Å². The fourth-order valence-corrected chi connectivity index (χ4v) is 2.53. The largest absolute Gasteiger partial charge is 0.494 e. The van der Waals surface area contributed by atoms with E-state index < -0.39 is 0 Å². The molecule has 0 spiro atoms. The first-order valence-electron chi connectivity index (χ1n) is 6.07. The Kier molecular flexibility index (Phi) is 2.73. The molecular weight excluding hydrogens is 214 g/mol. The highest BCUT2D eigenvalue weighted by Gasteiger charge is 2.17. The van der Waals surface area contributed by atoms with Crippen LogP contribution in [0.15, 0.2) is 24.4 Å². The van der Waals surface area contributed by atoms with E-state index in [1.807, 2.05) is 18.3 Å². The van der Waals surface area contributed by atoms with E-state index >= 15 is 0 Å². The SMILES string of the molecule is COc1cccc2cnn(CC3CCNC3)c12. The Hall–Kier alpha value is -1.55. The topological polar surface area (TPSA) is 39.1 Å². The van der Waals surface area contributed by atoms with Crippen LogP contribution < -0.4 is 10.1 Å². The lowest BCUT2D eigenvalue weighted by molar-refractivity contribution is 0.410. The normalized spacial score (nSPS) is 19.9. The molecule has 0 amide bonds. The maximum absolute atomic E-state index is 5.41. The van der Waals surface area contributed by atoms with Gasteiger partial charge in [0.25, 0.3) is 0 Å². The van der Waals surface area contributed by atoms with Gasteiger partial charge in [0, 0.05) is 11.9 Å². The summed E-state index contributed by atoms with van der Waals surface area (Å²) in [5.74, 6) is 1.59. The summed E-state index contributed by atoms with van der Waals surface area (Å²) in [6.45, 7) is 3.19. The minimum absolute atomic E-state index is 0.683. The molecule has 0 saturated carbocycles. The average molecular weight is 231 g/mol. The Labute approximate surface area is 101 Å². The Morgan fingerprint density at radius 1 is 1.53 bits per heavy atom. The molecule has 1 N–H and O–H groups in total. The minimum Gasteiger partial charge on any atom is -0.494 e. The first-order valence-corrected chi connectivity index (χ1v) is 6.07. The van der Waals surface area contributed by atoms with Gasteiger partial charge in [-0.05, 0) is 31.5 Å². The predicted molar refractivity (Wildman–Crippen MR) is 67.3 cm³/mol. The summed E-state index contributed by atoms with van der Waals surface area (Å²) in [7, 11) is 1.71. The van der Waals surface area contributed by atoms with Gasteiger partial charge in [-0.2, -0.15) is 5.10 Å². The second kappa shape index (κ2) is 4.37. The van der Waals surface area contributed by atoms with Crippen molar-refractivity contribution in [3.8, 4) is 5.75 Å². The van der Waals surface area contributed by atoms with Gasteiger partial charge in [-0.3, -0.25) is 4.68 Å². The molecule has 17 heavy (non-hydrogen) atoms. The molecule has 2 heterocycles. The Morgan fingerprint density at radius 3 is 3.24 bits per heavy atom. The summed E-state index contributed by atoms with van der Waals surface area (Å²) in [5, 5.41) is 9.01. The molecule has 2 aromatic rings. The van der Waals surface area contributed by atoms with Crippen molar-refractivity contribution in [3.05, 3.63) is 24.4 Å². The lowest BCUT2D eigenvalue weighted by atomic mass is 10.1. The number of benzene rings is 1. The summed E-state index contributed by atoms with van der Waals surface area (Å²) >= 11 is 0. The quantitative estimate of drug-likeness (QED) is 0.873. The molecular formula is C13H17N3O. The summed E-state index contributed by atoms with van der Waals surface area (Å²) in [4.78, 5) is 0.